The van der Waals surface area contributed by atoms with Gasteiger partial charge in [-0.2, -0.15) is 0 Å². The largest absolute Gasteiger partial charge is 0.497 e. The zero-order valence-electron chi connectivity index (χ0n) is 21.7. The maximum absolute atomic E-state index is 12.9. The van der Waals surface area contributed by atoms with Crippen LogP contribution in [-0.4, -0.2) is 36.3 Å². The first-order valence-corrected chi connectivity index (χ1v) is 12.2. The second-order valence-electron chi connectivity index (χ2n) is 8.83. The second-order valence-corrected chi connectivity index (χ2v) is 8.83. The molecule has 0 spiro atoms. The molecule has 4 rings (SSSR count). The fourth-order valence-electron chi connectivity index (χ4n) is 4.20. The number of aromatic nitrogens is 1. The summed E-state index contributed by atoms with van der Waals surface area (Å²) < 4.78 is 24.0. The van der Waals surface area contributed by atoms with Crippen molar-refractivity contribution in [3.8, 4) is 17.2 Å². The predicted octanol–water partition coefficient (Wildman–Crippen LogP) is 6.27. The minimum absolute atomic E-state index is 0.173. The van der Waals surface area contributed by atoms with Crippen LogP contribution in [0.4, 0.5) is 0 Å². The Labute approximate surface area is 216 Å². The standard InChI is InChI=1S/C30H31NO6/c1-6-35-30(33)28-20(4)31(23-11-13-24(34-5)14-12-23)27-16-15-25(17-26(27)28)36-18-21-7-9-22(10-8-21)29(32)37-19(2)3/h7-17,19H,6,18H2,1-5H3. The minimum Gasteiger partial charge on any atom is -0.497 e. The Bertz CT molecular complexity index is 1400. The van der Waals surface area contributed by atoms with E-state index in [1.165, 1.54) is 0 Å². The highest BCUT2D eigenvalue weighted by Gasteiger charge is 2.22. The fourth-order valence-corrected chi connectivity index (χ4v) is 4.20. The molecule has 0 bridgehead atoms. The quantitative estimate of drug-likeness (QED) is 0.252. The highest BCUT2D eigenvalue weighted by atomic mass is 16.5. The number of carbonyl (C=O) groups excluding carboxylic acids is 2. The van der Waals surface area contributed by atoms with Gasteiger partial charge in [0.25, 0.3) is 0 Å². The monoisotopic (exact) mass is 501 g/mol. The highest BCUT2D eigenvalue weighted by Crippen LogP contribution is 2.33. The van der Waals surface area contributed by atoms with Gasteiger partial charge in [-0.1, -0.05) is 12.1 Å². The molecule has 0 aliphatic rings. The summed E-state index contributed by atoms with van der Waals surface area (Å²) in [7, 11) is 1.63. The normalized spacial score (nSPS) is 11.0. The molecule has 0 radical (unpaired) electrons. The summed E-state index contributed by atoms with van der Waals surface area (Å²) in [4.78, 5) is 25.0. The van der Waals surface area contributed by atoms with Crippen LogP contribution in [0, 0.1) is 6.92 Å². The number of ether oxygens (including phenoxy) is 4. The molecule has 4 aromatic rings. The predicted molar refractivity (Wildman–Crippen MR) is 142 cm³/mol. The fraction of sp³-hybridized carbons (Fsp3) is 0.267. The van der Waals surface area contributed by atoms with Crippen molar-refractivity contribution in [2.45, 2.75) is 40.4 Å². The van der Waals surface area contributed by atoms with Crippen molar-refractivity contribution >= 4 is 22.8 Å². The third kappa shape index (κ3) is 5.61. The zero-order chi connectivity index (χ0) is 26.5. The van der Waals surface area contributed by atoms with E-state index < -0.39 is 0 Å². The maximum Gasteiger partial charge on any atom is 0.340 e. The van der Waals surface area contributed by atoms with Crippen molar-refractivity contribution in [1.82, 2.24) is 4.57 Å². The van der Waals surface area contributed by atoms with Gasteiger partial charge >= 0.3 is 11.9 Å². The number of hydrogen-bond acceptors (Lipinski definition) is 6. The molecule has 0 amide bonds. The van der Waals surface area contributed by atoms with Gasteiger partial charge in [-0.15, -0.1) is 0 Å². The van der Waals surface area contributed by atoms with Gasteiger partial charge in [-0.25, -0.2) is 9.59 Å². The summed E-state index contributed by atoms with van der Waals surface area (Å²) >= 11 is 0. The van der Waals surface area contributed by atoms with Gasteiger partial charge in [0.2, 0.25) is 0 Å². The molecule has 1 aromatic heterocycles. The first-order chi connectivity index (χ1) is 17.8. The van der Waals surface area contributed by atoms with Crippen LogP contribution in [-0.2, 0) is 16.1 Å². The SMILES string of the molecule is CCOC(=O)c1c(C)n(-c2ccc(OC)cc2)c2ccc(OCc3ccc(C(=O)OC(C)C)cc3)cc12. The van der Waals surface area contributed by atoms with E-state index in [1.54, 1.807) is 26.2 Å². The summed E-state index contributed by atoms with van der Waals surface area (Å²) in [5.41, 5.74) is 4.45. The molecule has 7 heteroatoms. The smallest absolute Gasteiger partial charge is 0.340 e. The first-order valence-electron chi connectivity index (χ1n) is 12.2. The van der Waals surface area contributed by atoms with Gasteiger partial charge < -0.3 is 23.5 Å². The number of benzene rings is 3. The first kappa shape index (κ1) is 25.8. The molecule has 0 N–H and O–H groups in total. The van der Waals surface area contributed by atoms with E-state index in [9.17, 15) is 9.59 Å². The molecule has 1 heterocycles. The number of hydrogen-bond donors (Lipinski definition) is 0. The van der Waals surface area contributed by atoms with Crippen LogP contribution in [0.3, 0.4) is 0 Å². The molecular formula is C30H31NO6. The maximum atomic E-state index is 12.9. The lowest BCUT2D eigenvalue weighted by Crippen LogP contribution is -2.11. The second kappa shape index (κ2) is 11.2. The molecule has 0 saturated carbocycles. The van der Waals surface area contributed by atoms with Crippen molar-refractivity contribution in [2.75, 3.05) is 13.7 Å². The average Bonchev–Trinajstić information content (AvgIpc) is 3.18. The topological polar surface area (TPSA) is 76.0 Å². The van der Waals surface area contributed by atoms with Crippen molar-refractivity contribution in [2.24, 2.45) is 0 Å². The Morgan fingerprint density at radius 3 is 2.19 bits per heavy atom. The molecule has 192 valence electrons. The van der Waals surface area contributed by atoms with Gasteiger partial charge in [0, 0.05) is 16.8 Å². The third-order valence-electron chi connectivity index (χ3n) is 5.92. The van der Waals surface area contributed by atoms with E-state index in [0.717, 1.165) is 33.6 Å². The van der Waals surface area contributed by atoms with E-state index in [-0.39, 0.29) is 24.6 Å². The van der Waals surface area contributed by atoms with Crippen LogP contribution < -0.4 is 9.47 Å². The van der Waals surface area contributed by atoms with Gasteiger partial charge in [-0.05, 0) is 87.9 Å². The molecule has 0 fully saturated rings. The van der Waals surface area contributed by atoms with Gasteiger partial charge in [0.05, 0.1) is 36.5 Å². The lowest BCUT2D eigenvalue weighted by atomic mass is 10.1. The van der Waals surface area contributed by atoms with E-state index in [0.29, 0.717) is 23.5 Å². The number of carbonyl (C=O) groups is 2. The molecule has 0 saturated heterocycles. The number of fused-ring (bicyclic) bond motifs is 1. The van der Waals surface area contributed by atoms with E-state index in [4.69, 9.17) is 18.9 Å². The van der Waals surface area contributed by atoms with Gasteiger partial charge in [-0.3, -0.25) is 0 Å². The molecule has 0 aliphatic heterocycles. The molecule has 37 heavy (non-hydrogen) atoms. The van der Waals surface area contributed by atoms with Crippen LogP contribution in [0.1, 0.15) is 52.7 Å². The average molecular weight is 502 g/mol. The summed E-state index contributed by atoms with van der Waals surface area (Å²) in [6.07, 6.45) is -0.173. The molecule has 3 aromatic carbocycles. The number of esters is 2. The Hall–Kier alpha value is -4.26. The number of rotatable bonds is 9. The number of methoxy groups -OCH3 is 1. The lowest BCUT2D eigenvalue weighted by molar-refractivity contribution is 0.0377. The molecule has 7 nitrogen and oxygen atoms in total. The zero-order valence-corrected chi connectivity index (χ0v) is 21.7. The van der Waals surface area contributed by atoms with Crippen molar-refractivity contribution < 1.29 is 28.5 Å². The molecular weight excluding hydrogens is 470 g/mol. The van der Waals surface area contributed by atoms with Crippen LogP contribution >= 0.6 is 0 Å². The molecule has 0 aliphatic carbocycles. The van der Waals surface area contributed by atoms with Gasteiger partial charge in [0.15, 0.2) is 0 Å². The Morgan fingerprint density at radius 2 is 1.57 bits per heavy atom. The van der Waals surface area contributed by atoms with Crippen LogP contribution in [0.15, 0.2) is 66.7 Å². The van der Waals surface area contributed by atoms with Crippen molar-refractivity contribution in [3.05, 3.63) is 89.1 Å². The Balaban J connectivity index is 1.63. The Morgan fingerprint density at radius 1 is 0.892 bits per heavy atom. The number of nitrogens with zero attached hydrogens (tertiary/aromatic N) is 1. The summed E-state index contributed by atoms with van der Waals surface area (Å²) in [6, 6.07) is 20.5. The van der Waals surface area contributed by atoms with Crippen LogP contribution in [0.25, 0.3) is 16.6 Å². The Kier molecular flexibility index (Phi) is 7.82. The van der Waals surface area contributed by atoms with Crippen LogP contribution in [0.2, 0.25) is 0 Å². The van der Waals surface area contributed by atoms with E-state index in [1.807, 2.05) is 79.9 Å². The van der Waals surface area contributed by atoms with Gasteiger partial charge in [0.1, 0.15) is 18.1 Å². The molecule has 0 atom stereocenters. The van der Waals surface area contributed by atoms with Crippen molar-refractivity contribution in [1.29, 1.82) is 0 Å². The summed E-state index contributed by atoms with van der Waals surface area (Å²) in [6.45, 7) is 7.91. The van der Waals surface area contributed by atoms with E-state index >= 15 is 0 Å². The highest BCUT2D eigenvalue weighted by molar-refractivity contribution is 6.07. The summed E-state index contributed by atoms with van der Waals surface area (Å²) in [5.74, 6) is 0.645. The summed E-state index contributed by atoms with van der Waals surface area (Å²) in [5, 5.41) is 0.746. The van der Waals surface area contributed by atoms with Crippen LogP contribution in [0.5, 0.6) is 11.5 Å². The van der Waals surface area contributed by atoms with E-state index in [2.05, 4.69) is 0 Å². The minimum atomic E-state index is -0.377. The lowest BCUT2D eigenvalue weighted by Gasteiger charge is -2.11. The molecule has 0 unspecified atom stereocenters. The third-order valence-corrected chi connectivity index (χ3v) is 5.92. The van der Waals surface area contributed by atoms with Crippen molar-refractivity contribution in [3.63, 3.8) is 0 Å².